The monoisotopic (exact) mass is 311 g/mol. The van der Waals surface area contributed by atoms with E-state index >= 15 is 0 Å². The fraction of sp³-hybridized carbons (Fsp3) is 0.500. The molecule has 0 atom stereocenters. The summed E-state index contributed by atoms with van der Waals surface area (Å²) >= 11 is 7.22. The molecule has 0 unspecified atom stereocenters. The van der Waals surface area contributed by atoms with Crippen LogP contribution in [0.3, 0.4) is 0 Å². The molecule has 1 aliphatic heterocycles. The topological polar surface area (TPSA) is 63.9 Å². The first-order valence-corrected chi connectivity index (χ1v) is 7.61. The number of nitrogens with zero attached hydrogens (tertiary/aromatic N) is 5. The van der Waals surface area contributed by atoms with E-state index in [1.54, 1.807) is 6.07 Å². The second-order valence-corrected chi connectivity index (χ2v) is 6.08. The minimum Gasteiger partial charge on any atom is -0.293 e. The molecule has 3 heterocycles. The maximum Gasteiger partial charge on any atom is 0.267 e. The molecule has 20 heavy (non-hydrogen) atoms. The molecular weight excluding hydrogens is 298 g/mol. The molecule has 0 fully saturated rings. The lowest BCUT2D eigenvalue weighted by molar-refractivity contribution is 0.238. The molecule has 106 valence electrons. The first kappa shape index (κ1) is 13.7. The average molecular weight is 312 g/mol. The van der Waals surface area contributed by atoms with E-state index in [9.17, 15) is 4.79 Å². The Balaban J connectivity index is 1.80. The van der Waals surface area contributed by atoms with E-state index in [1.165, 1.54) is 16.2 Å². The molecule has 0 aromatic carbocycles. The van der Waals surface area contributed by atoms with Crippen molar-refractivity contribution in [2.24, 2.45) is 0 Å². The smallest absolute Gasteiger partial charge is 0.267 e. The highest BCUT2D eigenvalue weighted by atomic mass is 35.5. The number of rotatable bonds is 3. The highest BCUT2D eigenvalue weighted by Gasteiger charge is 2.20. The predicted octanol–water partition coefficient (Wildman–Crippen LogP) is 1.33. The fourth-order valence-corrected chi connectivity index (χ4v) is 2.97. The molecule has 2 aromatic heterocycles. The van der Waals surface area contributed by atoms with Crippen molar-refractivity contribution in [2.75, 3.05) is 6.54 Å². The first-order valence-electron chi connectivity index (χ1n) is 6.46. The zero-order valence-electron chi connectivity index (χ0n) is 11.0. The number of aryl methyl sites for hydroxylation is 1. The van der Waals surface area contributed by atoms with Crippen LogP contribution >= 0.6 is 23.1 Å². The van der Waals surface area contributed by atoms with Crippen molar-refractivity contribution in [3.05, 3.63) is 37.7 Å². The molecule has 0 saturated carbocycles. The highest BCUT2D eigenvalue weighted by molar-refractivity contribution is 7.10. The quantitative estimate of drug-likeness (QED) is 0.855. The van der Waals surface area contributed by atoms with Crippen LogP contribution in [-0.4, -0.2) is 30.8 Å². The molecule has 0 aliphatic carbocycles. The number of fused-ring (bicyclic) bond motifs is 1. The van der Waals surface area contributed by atoms with Crippen molar-refractivity contribution >= 4 is 23.1 Å². The summed E-state index contributed by atoms with van der Waals surface area (Å²) in [4.78, 5) is 14.1. The van der Waals surface area contributed by atoms with Crippen molar-refractivity contribution in [1.29, 1.82) is 0 Å². The fourth-order valence-electron chi connectivity index (χ4n) is 2.36. The number of halogens is 1. The second kappa shape index (κ2) is 5.59. The molecule has 1 aliphatic rings. The molecule has 0 saturated heterocycles. The zero-order chi connectivity index (χ0) is 14.1. The standard InChI is InChI=1S/C12H14ClN5OS/c1-2-18-11(19)5-8-6-17(4-3-9(8)15-18)7-10-12(13)20-16-14-10/h5H,2-4,6-7H2,1H3. The van der Waals surface area contributed by atoms with Crippen LogP contribution in [0, 0.1) is 0 Å². The van der Waals surface area contributed by atoms with Crippen LogP contribution in [-0.2, 0) is 26.1 Å². The molecule has 0 spiro atoms. The minimum absolute atomic E-state index is 0.0403. The molecule has 8 heteroatoms. The van der Waals surface area contributed by atoms with E-state index in [0.29, 0.717) is 24.0 Å². The molecule has 3 rings (SSSR count). The number of hydrogen-bond donors (Lipinski definition) is 0. The maximum absolute atomic E-state index is 11.8. The van der Waals surface area contributed by atoms with Crippen LogP contribution < -0.4 is 5.56 Å². The lowest BCUT2D eigenvalue weighted by Gasteiger charge is -2.27. The third-order valence-corrected chi connectivity index (χ3v) is 4.39. The van der Waals surface area contributed by atoms with Gasteiger partial charge in [-0.15, -0.1) is 5.10 Å². The van der Waals surface area contributed by atoms with E-state index in [0.717, 1.165) is 29.9 Å². The Hall–Kier alpha value is -1.31. The van der Waals surface area contributed by atoms with Gasteiger partial charge in [-0.25, -0.2) is 4.68 Å². The number of aromatic nitrogens is 4. The van der Waals surface area contributed by atoms with Crippen LogP contribution in [0.25, 0.3) is 0 Å². The number of hydrogen-bond acceptors (Lipinski definition) is 6. The summed E-state index contributed by atoms with van der Waals surface area (Å²) in [6.07, 6.45) is 0.838. The molecule has 6 nitrogen and oxygen atoms in total. The molecule has 0 amide bonds. The molecule has 0 bridgehead atoms. The molecular formula is C12H14ClN5OS. The van der Waals surface area contributed by atoms with Gasteiger partial charge in [-0.2, -0.15) is 5.10 Å². The van der Waals surface area contributed by atoms with E-state index in [-0.39, 0.29) is 5.56 Å². The predicted molar refractivity (Wildman–Crippen MR) is 76.9 cm³/mol. The summed E-state index contributed by atoms with van der Waals surface area (Å²) in [5, 5.41) is 8.43. The van der Waals surface area contributed by atoms with E-state index in [1.807, 2.05) is 6.92 Å². The van der Waals surface area contributed by atoms with Crippen LogP contribution in [0.15, 0.2) is 10.9 Å². The Bertz CT molecular complexity index is 683. The van der Waals surface area contributed by atoms with Crippen LogP contribution in [0.4, 0.5) is 0 Å². The summed E-state index contributed by atoms with van der Waals surface area (Å²) in [6, 6.07) is 1.69. The largest absolute Gasteiger partial charge is 0.293 e. The summed E-state index contributed by atoms with van der Waals surface area (Å²) in [5.41, 5.74) is 2.78. The van der Waals surface area contributed by atoms with Crippen molar-refractivity contribution in [3.63, 3.8) is 0 Å². The Morgan fingerprint density at radius 3 is 3.05 bits per heavy atom. The lowest BCUT2D eigenvalue weighted by Crippen LogP contribution is -2.34. The van der Waals surface area contributed by atoms with E-state index in [2.05, 4.69) is 19.6 Å². The van der Waals surface area contributed by atoms with Gasteiger partial charge in [-0.1, -0.05) is 16.1 Å². The van der Waals surface area contributed by atoms with Gasteiger partial charge in [0.15, 0.2) is 0 Å². The maximum atomic E-state index is 11.8. The zero-order valence-corrected chi connectivity index (χ0v) is 12.6. The van der Waals surface area contributed by atoms with E-state index in [4.69, 9.17) is 11.6 Å². The van der Waals surface area contributed by atoms with Gasteiger partial charge < -0.3 is 0 Å². The van der Waals surface area contributed by atoms with Crippen molar-refractivity contribution in [2.45, 2.75) is 33.0 Å². The van der Waals surface area contributed by atoms with Crippen molar-refractivity contribution in [3.8, 4) is 0 Å². The van der Waals surface area contributed by atoms with Gasteiger partial charge in [0.05, 0.1) is 5.69 Å². The first-order chi connectivity index (χ1) is 9.67. The summed E-state index contributed by atoms with van der Waals surface area (Å²) in [7, 11) is 0. The summed E-state index contributed by atoms with van der Waals surface area (Å²) < 4.78 is 5.98. The Morgan fingerprint density at radius 1 is 1.50 bits per heavy atom. The Labute approximate surface area is 125 Å². The van der Waals surface area contributed by atoms with Gasteiger partial charge in [0, 0.05) is 50.2 Å². The highest BCUT2D eigenvalue weighted by Crippen LogP contribution is 2.22. The van der Waals surface area contributed by atoms with Crippen molar-refractivity contribution in [1.82, 2.24) is 24.3 Å². The average Bonchev–Trinajstić information content (AvgIpc) is 2.83. The van der Waals surface area contributed by atoms with Gasteiger partial charge >= 0.3 is 0 Å². The third-order valence-electron chi connectivity index (χ3n) is 3.41. The van der Waals surface area contributed by atoms with Crippen LogP contribution in [0.1, 0.15) is 23.9 Å². The van der Waals surface area contributed by atoms with Gasteiger partial charge in [-0.05, 0) is 12.5 Å². The van der Waals surface area contributed by atoms with Gasteiger partial charge in [-0.3, -0.25) is 9.69 Å². The van der Waals surface area contributed by atoms with Crippen LogP contribution in [0.5, 0.6) is 0 Å². The summed E-state index contributed by atoms with van der Waals surface area (Å²) in [6.45, 7) is 4.78. The lowest BCUT2D eigenvalue weighted by atomic mass is 10.1. The Kier molecular flexibility index (Phi) is 3.82. The molecule has 2 aromatic rings. The van der Waals surface area contributed by atoms with Gasteiger partial charge in [0.1, 0.15) is 10.0 Å². The normalized spacial score (nSPS) is 15.3. The van der Waals surface area contributed by atoms with E-state index < -0.39 is 0 Å². The van der Waals surface area contributed by atoms with Crippen LogP contribution in [0.2, 0.25) is 4.34 Å². The Morgan fingerprint density at radius 2 is 2.35 bits per heavy atom. The van der Waals surface area contributed by atoms with Gasteiger partial charge in [0.2, 0.25) is 0 Å². The van der Waals surface area contributed by atoms with Gasteiger partial charge in [0.25, 0.3) is 5.56 Å². The SMILES string of the molecule is CCn1nc2c(cc1=O)CN(Cc1nnsc1Cl)CC2. The third kappa shape index (κ3) is 2.61. The molecule has 0 N–H and O–H groups in total. The van der Waals surface area contributed by atoms with Crippen molar-refractivity contribution < 1.29 is 0 Å². The summed E-state index contributed by atoms with van der Waals surface area (Å²) in [5.74, 6) is 0. The second-order valence-electron chi connectivity index (χ2n) is 4.72. The molecule has 0 radical (unpaired) electrons. The minimum atomic E-state index is -0.0403.